The van der Waals surface area contributed by atoms with Crippen LogP contribution in [0.5, 0.6) is 5.75 Å². The summed E-state index contributed by atoms with van der Waals surface area (Å²) in [4.78, 5) is 25.4. The molecule has 3 rings (SSSR count). The van der Waals surface area contributed by atoms with Crippen LogP contribution in [0.25, 0.3) is 11.0 Å². The van der Waals surface area contributed by atoms with Crippen molar-refractivity contribution >= 4 is 16.9 Å². The van der Waals surface area contributed by atoms with E-state index in [1.165, 1.54) is 11.0 Å². The molecule has 1 aliphatic heterocycles. The first-order valence-corrected chi connectivity index (χ1v) is 9.35. The van der Waals surface area contributed by atoms with Crippen molar-refractivity contribution in [3.8, 4) is 5.75 Å². The summed E-state index contributed by atoms with van der Waals surface area (Å²) in [6.07, 6.45) is -0.641. The maximum atomic E-state index is 12.3. The number of morpholine rings is 1. The van der Waals surface area contributed by atoms with Crippen molar-refractivity contribution in [2.75, 3.05) is 39.4 Å². The summed E-state index contributed by atoms with van der Waals surface area (Å²) in [6.45, 7) is 10.4. The van der Waals surface area contributed by atoms with Crippen LogP contribution in [0.4, 0.5) is 0 Å². The molecule has 2 aromatic rings. The van der Waals surface area contributed by atoms with Crippen LogP contribution in [-0.2, 0) is 9.53 Å². The first kappa shape index (κ1) is 19.4. The summed E-state index contributed by atoms with van der Waals surface area (Å²) < 4.78 is 16.5. The molecule has 7 nitrogen and oxygen atoms in total. The Morgan fingerprint density at radius 3 is 2.78 bits per heavy atom. The second-order valence-electron chi connectivity index (χ2n) is 6.98. The lowest BCUT2D eigenvalue weighted by Crippen LogP contribution is -3.14. The highest BCUT2D eigenvalue weighted by Gasteiger charge is 2.19. The van der Waals surface area contributed by atoms with E-state index in [1.807, 2.05) is 26.0 Å². The molecule has 0 unspecified atom stereocenters. The zero-order chi connectivity index (χ0) is 19.4. The number of fused-ring (bicyclic) bond motifs is 1. The molecule has 0 spiro atoms. The van der Waals surface area contributed by atoms with Crippen LogP contribution < -0.4 is 20.6 Å². The predicted molar refractivity (Wildman–Crippen MR) is 101 cm³/mol. The molecule has 2 N–H and O–H groups in total. The third-order valence-corrected chi connectivity index (χ3v) is 4.97. The van der Waals surface area contributed by atoms with Crippen molar-refractivity contribution in [3.05, 3.63) is 39.7 Å². The van der Waals surface area contributed by atoms with Gasteiger partial charge >= 0.3 is 5.63 Å². The van der Waals surface area contributed by atoms with Gasteiger partial charge in [-0.2, -0.15) is 0 Å². The van der Waals surface area contributed by atoms with E-state index in [0.29, 0.717) is 23.4 Å². The number of hydrogen-bond acceptors (Lipinski definition) is 5. The summed E-state index contributed by atoms with van der Waals surface area (Å²) in [5.41, 5.74) is 1.68. The minimum atomic E-state index is -0.641. The third kappa shape index (κ3) is 4.67. The van der Waals surface area contributed by atoms with Gasteiger partial charge in [-0.1, -0.05) is 0 Å². The Bertz CT molecular complexity index is 871. The van der Waals surface area contributed by atoms with E-state index in [0.717, 1.165) is 43.8 Å². The average molecular weight is 375 g/mol. The van der Waals surface area contributed by atoms with E-state index in [-0.39, 0.29) is 5.91 Å². The van der Waals surface area contributed by atoms with Gasteiger partial charge in [0.25, 0.3) is 5.91 Å². The molecule has 1 saturated heterocycles. The Morgan fingerprint density at radius 2 is 2.04 bits per heavy atom. The largest absolute Gasteiger partial charge is 0.480 e. The molecule has 1 atom stereocenters. The molecule has 1 aliphatic rings. The Balaban J connectivity index is 1.61. The van der Waals surface area contributed by atoms with Gasteiger partial charge in [0.2, 0.25) is 0 Å². The number of carbonyl (C=O) groups excluding carboxylic acids is 1. The number of hydrogen-bond donors (Lipinski definition) is 2. The molecule has 27 heavy (non-hydrogen) atoms. The van der Waals surface area contributed by atoms with Crippen molar-refractivity contribution in [1.82, 2.24) is 5.32 Å². The fourth-order valence-electron chi connectivity index (χ4n) is 3.29. The van der Waals surface area contributed by atoms with E-state index >= 15 is 0 Å². The topological polar surface area (TPSA) is 82.2 Å². The van der Waals surface area contributed by atoms with Crippen molar-refractivity contribution in [3.63, 3.8) is 0 Å². The van der Waals surface area contributed by atoms with E-state index < -0.39 is 11.7 Å². The molecule has 7 heteroatoms. The van der Waals surface area contributed by atoms with Gasteiger partial charge in [-0.15, -0.1) is 0 Å². The number of aryl methyl sites for hydroxylation is 2. The molecule has 1 aromatic heterocycles. The molecule has 0 bridgehead atoms. The van der Waals surface area contributed by atoms with Gasteiger partial charge in [-0.25, -0.2) is 4.79 Å². The van der Waals surface area contributed by atoms with Crippen LogP contribution in [-0.4, -0.2) is 51.4 Å². The predicted octanol–water partition coefficient (Wildman–Crippen LogP) is 0.208. The fraction of sp³-hybridized carbons (Fsp3) is 0.500. The molecular weight excluding hydrogens is 348 g/mol. The number of amides is 1. The van der Waals surface area contributed by atoms with E-state index in [4.69, 9.17) is 13.9 Å². The van der Waals surface area contributed by atoms with E-state index in [2.05, 4.69) is 5.32 Å². The Kier molecular flexibility index (Phi) is 6.13. The van der Waals surface area contributed by atoms with Crippen LogP contribution in [0.2, 0.25) is 0 Å². The lowest BCUT2D eigenvalue weighted by atomic mass is 10.1. The number of quaternary nitrogens is 1. The average Bonchev–Trinajstić information content (AvgIpc) is 2.65. The number of nitrogens with one attached hydrogen (secondary N) is 2. The molecule has 0 radical (unpaired) electrons. The van der Waals surface area contributed by atoms with Crippen molar-refractivity contribution in [2.24, 2.45) is 0 Å². The van der Waals surface area contributed by atoms with Crippen LogP contribution in [0.15, 0.2) is 27.4 Å². The second-order valence-corrected chi connectivity index (χ2v) is 6.98. The van der Waals surface area contributed by atoms with E-state index in [9.17, 15) is 9.59 Å². The molecule has 0 saturated carbocycles. The van der Waals surface area contributed by atoms with Crippen LogP contribution in [0.1, 0.15) is 18.1 Å². The molecule has 2 heterocycles. The SMILES string of the molecule is Cc1cc(=O)oc2c(C)c(O[C@H](C)C(=O)NCC[NH+]3CCOCC3)ccc12. The minimum Gasteiger partial charge on any atom is -0.480 e. The molecule has 1 fully saturated rings. The van der Waals surface area contributed by atoms with Gasteiger partial charge in [0.15, 0.2) is 6.10 Å². The summed E-state index contributed by atoms with van der Waals surface area (Å²) in [7, 11) is 0. The maximum Gasteiger partial charge on any atom is 0.336 e. The Hall–Kier alpha value is -2.38. The number of rotatable bonds is 6. The normalized spacial score (nSPS) is 16.3. The third-order valence-electron chi connectivity index (χ3n) is 4.97. The number of benzene rings is 1. The van der Waals surface area contributed by atoms with Crippen molar-refractivity contribution in [2.45, 2.75) is 26.9 Å². The lowest BCUT2D eigenvalue weighted by molar-refractivity contribution is -0.906. The van der Waals surface area contributed by atoms with Gasteiger partial charge in [0.05, 0.1) is 26.3 Å². The first-order chi connectivity index (χ1) is 13.0. The highest BCUT2D eigenvalue weighted by molar-refractivity contribution is 5.85. The second kappa shape index (κ2) is 8.54. The van der Waals surface area contributed by atoms with Crippen molar-refractivity contribution in [1.29, 1.82) is 0 Å². The first-order valence-electron chi connectivity index (χ1n) is 9.35. The number of carbonyl (C=O) groups is 1. The fourth-order valence-corrected chi connectivity index (χ4v) is 3.29. The van der Waals surface area contributed by atoms with E-state index in [1.54, 1.807) is 6.92 Å². The van der Waals surface area contributed by atoms with Crippen LogP contribution in [0, 0.1) is 13.8 Å². The van der Waals surface area contributed by atoms with Gasteiger partial charge in [-0.3, -0.25) is 4.79 Å². The maximum absolute atomic E-state index is 12.3. The Morgan fingerprint density at radius 1 is 1.30 bits per heavy atom. The monoisotopic (exact) mass is 375 g/mol. The molecule has 146 valence electrons. The zero-order valence-electron chi connectivity index (χ0n) is 16.1. The minimum absolute atomic E-state index is 0.159. The molecule has 1 amide bonds. The van der Waals surface area contributed by atoms with Gasteiger partial charge in [0, 0.05) is 17.0 Å². The van der Waals surface area contributed by atoms with Crippen molar-refractivity contribution < 1.29 is 23.6 Å². The van der Waals surface area contributed by atoms with Gasteiger partial charge in [-0.05, 0) is 38.5 Å². The molecular formula is C20H27N2O5+. The quantitative estimate of drug-likeness (QED) is 0.706. The standard InChI is InChI=1S/C20H26N2O5/c1-13-12-18(23)27-19-14(2)17(5-4-16(13)19)26-15(3)20(24)21-6-7-22-8-10-25-11-9-22/h4-5,12,15H,6-11H2,1-3H3,(H,21,24)/p+1/t15-/m1/s1. The number of ether oxygens (including phenoxy) is 2. The zero-order valence-corrected chi connectivity index (χ0v) is 16.1. The summed E-state index contributed by atoms with van der Waals surface area (Å²) in [5, 5.41) is 3.79. The molecule has 1 aromatic carbocycles. The Labute approximate surface area is 158 Å². The van der Waals surface area contributed by atoms with Gasteiger partial charge in [0.1, 0.15) is 24.4 Å². The smallest absolute Gasteiger partial charge is 0.336 e. The summed E-state index contributed by atoms with van der Waals surface area (Å²) in [5.74, 6) is 0.380. The summed E-state index contributed by atoms with van der Waals surface area (Å²) >= 11 is 0. The highest BCUT2D eigenvalue weighted by atomic mass is 16.5. The lowest BCUT2D eigenvalue weighted by Gasteiger charge is -2.24. The van der Waals surface area contributed by atoms with Crippen LogP contribution >= 0.6 is 0 Å². The highest BCUT2D eigenvalue weighted by Crippen LogP contribution is 2.28. The molecule has 0 aliphatic carbocycles. The van der Waals surface area contributed by atoms with Gasteiger partial charge < -0.3 is 24.1 Å². The van der Waals surface area contributed by atoms with Crippen LogP contribution in [0.3, 0.4) is 0 Å². The summed E-state index contributed by atoms with van der Waals surface area (Å²) in [6, 6.07) is 5.13.